The Bertz CT molecular complexity index is 1260. The van der Waals surface area contributed by atoms with Gasteiger partial charge in [0.25, 0.3) is 0 Å². The molecule has 1 saturated heterocycles. The van der Waals surface area contributed by atoms with Crippen molar-refractivity contribution >= 4 is 42.4 Å². The lowest BCUT2D eigenvalue weighted by Gasteiger charge is -2.27. The molecule has 1 aromatic heterocycles. The van der Waals surface area contributed by atoms with Crippen LogP contribution in [0.3, 0.4) is 0 Å². The Morgan fingerprint density at radius 3 is 2.50 bits per heavy atom. The molecule has 0 saturated carbocycles. The molecule has 0 unspecified atom stereocenters. The van der Waals surface area contributed by atoms with Gasteiger partial charge in [-0.1, -0.05) is 35.1 Å². The second-order valence-corrected chi connectivity index (χ2v) is 11.8. The van der Waals surface area contributed by atoms with Crippen LogP contribution in [-0.4, -0.2) is 69.4 Å². The highest BCUT2D eigenvalue weighted by Gasteiger charge is 2.27. The number of carbonyl (C=O) groups is 1. The van der Waals surface area contributed by atoms with Crippen molar-refractivity contribution in [1.82, 2.24) is 9.88 Å². The van der Waals surface area contributed by atoms with Crippen LogP contribution in [0, 0.1) is 20.8 Å². The van der Waals surface area contributed by atoms with Crippen molar-refractivity contribution in [2.24, 2.45) is 0 Å². The number of anilines is 1. The minimum atomic E-state index is -3.76. The topological polar surface area (TPSA) is 79.8 Å². The van der Waals surface area contributed by atoms with E-state index in [2.05, 4.69) is 4.90 Å². The van der Waals surface area contributed by atoms with E-state index < -0.39 is 21.5 Å². The summed E-state index contributed by atoms with van der Waals surface area (Å²) in [5.41, 5.74) is 4.05. The average Bonchev–Trinajstić information content (AvgIpc) is 3.24. The molecule has 3 aromatic rings. The molecule has 0 N–H and O–H groups in total. The summed E-state index contributed by atoms with van der Waals surface area (Å²) in [4.78, 5) is 22.2. The Hall–Kier alpha value is -2.33. The van der Waals surface area contributed by atoms with E-state index in [1.165, 1.54) is 11.3 Å². The van der Waals surface area contributed by atoms with Gasteiger partial charge in [-0.25, -0.2) is 13.4 Å². The zero-order chi connectivity index (χ0) is 24.3. The van der Waals surface area contributed by atoms with Crippen LogP contribution >= 0.6 is 11.3 Å². The van der Waals surface area contributed by atoms with Crippen molar-refractivity contribution < 1.29 is 17.9 Å². The lowest BCUT2D eigenvalue weighted by atomic mass is 10.1. The number of ether oxygens (including phenoxy) is 1. The Balaban J connectivity index is 1.58. The number of fused-ring (bicyclic) bond motifs is 1. The highest BCUT2D eigenvalue weighted by Crippen LogP contribution is 2.32. The molecule has 182 valence electrons. The zero-order valence-electron chi connectivity index (χ0n) is 19.9. The van der Waals surface area contributed by atoms with Crippen LogP contribution in [0.15, 0.2) is 41.3 Å². The summed E-state index contributed by atoms with van der Waals surface area (Å²) in [5, 5.41) is 0.551. The predicted molar refractivity (Wildman–Crippen MR) is 137 cm³/mol. The van der Waals surface area contributed by atoms with Crippen LogP contribution in [0.2, 0.25) is 0 Å². The smallest absolute Gasteiger partial charge is 0.244 e. The van der Waals surface area contributed by atoms with E-state index in [0.29, 0.717) is 24.9 Å². The summed E-state index contributed by atoms with van der Waals surface area (Å²) in [6, 6.07) is 10.7. The van der Waals surface area contributed by atoms with E-state index in [4.69, 9.17) is 9.72 Å². The number of amides is 1. The summed E-state index contributed by atoms with van der Waals surface area (Å²) in [6.45, 7) is 10.4. The van der Waals surface area contributed by atoms with Crippen molar-refractivity contribution in [2.75, 3.05) is 50.0 Å². The maximum Gasteiger partial charge on any atom is 0.244 e. The van der Waals surface area contributed by atoms with Crippen molar-refractivity contribution in [1.29, 1.82) is 0 Å². The molecule has 0 atom stereocenters. The van der Waals surface area contributed by atoms with Crippen LogP contribution in [0.1, 0.15) is 23.1 Å². The van der Waals surface area contributed by atoms with E-state index in [-0.39, 0.29) is 4.90 Å². The number of hydrogen-bond acceptors (Lipinski definition) is 7. The molecule has 1 fully saturated rings. The van der Waals surface area contributed by atoms with Gasteiger partial charge in [-0.3, -0.25) is 14.6 Å². The SMILES string of the molecule is Cc1ccc(S(=O)(=O)CC(=O)N(CCCN2CCOCC2)c2nc3c(C)c(C)ccc3s2)cc1. The van der Waals surface area contributed by atoms with Crippen molar-refractivity contribution in [3.63, 3.8) is 0 Å². The molecule has 2 aromatic carbocycles. The summed E-state index contributed by atoms with van der Waals surface area (Å²) in [6.07, 6.45) is 0.726. The molecular formula is C25H31N3O4S2. The van der Waals surface area contributed by atoms with E-state index >= 15 is 0 Å². The van der Waals surface area contributed by atoms with Crippen molar-refractivity contribution in [2.45, 2.75) is 32.1 Å². The monoisotopic (exact) mass is 501 g/mol. The molecule has 0 aliphatic carbocycles. The first kappa shape index (κ1) is 24.8. The molecule has 1 aliphatic heterocycles. The minimum Gasteiger partial charge on any atom is -0.379 e. The van der Waals surface area contributed by atoms with Gasteiger partial charge in [0.05, 0.1) is 28.3 Å². The van der Waals surface area contributed by atoms with Crippen LogP contribution < -0.4 is 4.90 Å². The predicted octanol–water partition coefficient (Wildman–Crippen LogP) is 3.75. The molecule has 1 aliphatic rings. The first-order chi connectivity index (χ1) is 16.2. The van der Waals surface area contributed by atoms with Gasteiger partial charge < -0.3 is 4.74 Å². The molecule has 7 nitrogen and oxygen atoms in total. The number of aryl methyl sites for hydroxylation is 3. The molecule has 0 radical (unpaired) electrons. The van der Waals surface area contributed by atoms with E-state index in [0.717, 1.165) is 53.0 Å². The van der Waals surface area contributed by atoms with Gasteiger partial charge in [0.2, 0.25) is 5.91 Å². The molecule has 1 amide bonds. The normalized spacial score (nSPS) is 15.0. The highest BCUT2D eigenvalue weighted by molar-refractivity contribution is 7.92. The Morgan fingerprint density at radius 1 is 1.09 bits per heavy atom. The standard InChI is InChI=1S/C25H31N3O4S2/c1-18-5-8-21(9-6-18)34(30,31)17-23(29)28(12-4-11-27-13-15-32-16-14-27)25-26-24-20(3)19(2)7-10-22(24)33-25/h5-10H,4,11-17H2,1-3H3. The number of nitrogens with zero attached hydrogens (tertiary/aromatic N) is 3. The minimum absolute atomic E-state index is 0.162. The van der Waals surface area contributed by atoms with Gasteiger partial charge >= 0.3 is 0 Å². The number of sulfone groups is 1. The first-order valence-corrected chi connectivity index (χ1v) is 14.0. The summed E-state index contributed by atoms with van der Waals surface area (Å²) < 4.78 is 32.4. The zero-order valence-corrected chi connectivity index (χ0v) is 21.5. The van der Waals surface area contributed by atoms with Gasteiger partial charge in [-0.2, -0.15) is 0 Å². The third-order valence-electron chi connectivity index (χ3n) is 6.26. The fourth-order valence-corrected chi connectivity index (χ4v) is 6.27. The number of hydrogen-bond donors (Lipinski definition) is 0. The summed E-state index contributed by atoms with van der Waals surface area (Å²) in [7, 11) is -3.76. The second-order valence-electron chi connectivity index (χ2n) is 8.78. The highest BCUT2D eigenvalue weighted by atomic mass is 32.2. The quantitative estimate of drug-likeness (QED) is 0.468. The largest absolute Gasteiger partial charge is 0.379 e. The van der Waals surface area contributed by atoms with Gasteiger partial charge in [-0.05, 0) is 56.5 Å². The molecule has 4 rings (SSSR count). The molecule has 0 spiro atoms. The number of thiazole rings is 1. The Labute approximate surface area is 205 Å². The molecule has 2 heterocycles. The lowest BCUT2D eigenvalue weighted by Crippen LogP contribution is -2.40. The number of benzene rings is 2. The van der Waals surface area contributed by atoms with E-state index in [1.807, 2.05) is 32.9 Å². The Kier molecular flexibility index (Phi) is 7.67. The van der Waals surface area contributed by atoms with Gasteiger partial charge in [0.1, 0.15) is 5.75 Å². The molecule has 0 bridgehead atoms. The van der Waals surface area contributed by atoms with Crippen LogP contribution in [0.5, 0.6) is 0 Å². The molecular weight excluding hydrogens is 470 g/mol. The number of aromatic nitrogens is 1. The third-order valence-corrected chi connectivity index (χ3v) is 8.92. The third kappa shape index (κ3) is 5.66. The van der Waals surface area contributed by atoms with Crippen LogP contribution in [-0.2, 0) is 19.4 Å². The first-order valence-electron chi connectivity index (χ1n) is 11.5. The maximum atomic E-state index is 13.4. The molecule has 34 heavy (non-hydrogen) atoms. The van der Waals surface area contributed by atoms with E-state index in [1.54, 1.807) is 29.2 Å². The fraction of sp³-hybridized carbons (Fsp3) is 0.440. The number of carbonyl (C=O) groups excluding carboxylic acids is 1. The Morgan fingerprint density at radius 2 is 1.79 bits per heavy atom. The lowest BCUT2D eigenvalue weighted by molar-refractivity contribution is -0.116. The van der Waals surface area contributed by atoms with Crippen LogP contribution in [0.4, 0.5) is 5.13 Å². The number of rotatable bonds is 8. The molecule has 9 heteroatoms. The van der Waals surface area contributed by atoms with Crippen molar-refractivity contribution in [3.05, 3.63) is 53.1 Å². The van der Waals surface area contributed by atoms with Crippen LogP contribution in [0.25, 0.3) is 10.2 Å². The number of morpholine rings is 1. The van der Waals surface area contributed by atoms with Gasteiger partial charge in [0.15, 0.2) is 15.0 Å². The second kappa shape index (κ2) is 10.5. The maximum absolute atomic E-state index is 13.4. The van der Waals surface area contributed by atoms with Crippen molar-refractivity contribution in [3.8, 4) is 0 Å². The average molecular weight is 502 g/mol. The summed E-state index contributed by atoms with van der Waals surface area (Å²) >= 11 is 1.43. The fourth-order valence-electron chi connectivity index (χ4n) is 4.00. The van der Waals surface area contributed by atoms with E-state index in [9.17, 15) is 13.2 Å². The van der Waals surface area contributed by atoms with Gasteiger partial charge in [-0.15, -0.1) is 0 Å². The summed E-state index contributed by atoms with van der Waals surface area (Å²) in [5.74, 6) is -1.03. The van der Waals surface area contributed by atoms with Gasteiger partial charge in [0, 0.05) is 26.2 Å².